The SMILES string of the molecule is N#C/C(c1ccccc1C#N)=c1/cc(-c2cc(F)cc(F)c2)/c(=C(\C#N)c2ccccc2C#N)cc1-c1cc(F)cc(F)c1. The first-order chi connectivity index (χ1) is 21.3. The number of nitriles is 4. The first-order valence-corrected chi connectivity index (χ1v) is 12.9. The molecule has 0 unspecified atom stereocenters. The molecule has 5 aromatic carbocycles. The van der Waals surface area contributed by atoms with Crippen LogP contribution in [0, 0.1) is 68.6 Å². The van der Waals surface area contributed by atoms with Gasteiger partial charge in [0, 0.05) is 33.7 Å². The average molecular weight is 581 g/mol. The third-order valence-electron chi connectivity index (χ3n) is 6.90. The molecule has 0 N–H and O–H groups in total. The summed E-state index contributed by atoms with van der Waals surface area (Å²) in [6.45, 7) is 0. The molecule has 4 nitrogen and oxygen atoms in total. The van der Waals surface area contributed by atoms with Gasteiger partial charge in [0.1, 0.15) is 35.4 Å². The first kappa shape index (κ1) is 29.0. The van der Waals surface area contributed by atoms with Gasteiger partial charge in [-0.3, -0.25) is 0 Å². The molecule has 0 bridgehead atoms. The van der Waals surface area contributed by atoms with Gasteiger partial charge in [0.05, 0.1) is 34.4 Å². The molecule has 0 saturated carbocycles. The third-order valence-corrected chi connectivity index (χ3v) is 6.90. The highest BCUT2D eigenvalue weighted by atomic mass is 19.1. The maximum absolute atomic E-state index is 14.6. The highest BCUT2D eigenvalue weighted by Gasteiger charge is 2.18. The van der Waals surface area contributed by atoms with Crippen LogP contribution in [0.3, 0.4) is 0 Å². The molecular weight excluding hydrogens is 564 g/mol. The Bertz CT molecular complexity index is 2080. The summed E-state index contributed by atoms with van der Waals surface area (Å²) in [5, 5.41) is 40.5. The Hall–Kier alpha value is -6.48. The largest absolute Gasteiger partial charge is 0.207 e. The first-order valence-electron chi connectivity index (χ1n) is 12.9. The van der Waals surface area contributed by atoms with Crippen LogP contribution in [0.1, 0.15) is 22.3 Å². The Morgan fingerprint density at radius 1 is 0.455 bits per heavy atom. The van der Waals surface area contributed by atoms with E-state index in [1.807, 2.05) is 12.1 Å². The van der Waals surface area contributed by atoms with Crippen molar-refractivity contribution in [3.8, 4) is 46.5 Å². The van der Waals surface area contributed by atoms with Crippen LogP contribution in [0.4, 0.5) is 17.6 Å². The predicted molar refractivity (Wildman–Crippen MR) is 155 cm³/mol. The molecule has 208 valence electrons. The van der Waals surface area contributed by atoms with E-state index in [0.29, 0.717) is 12.1 Å². The van der Waals surface area contributed by atoms with Crippen LogP contribution in [0.15, 0.2) is 97.1 Å². The van der Waals surface area contributed by atoms with Crippen molar-refractivity contribution in [3.63, 3.8) is 0 Å². The third kappa shape index (κ3) is 5.53. The van der Waals surface area contributed by atoms with E-state index in [9.17, 15) is 38.6 Å². The van der Waals surface area contributed by atoms with Gasteiger partial charge in [-0.15, -0.1) is 0 Å². The number of hydrogen-bond donors (Lipinski definition) is 0. The monoisotopic (exact) mass is 580 g/mol. The summed E-state index contributed by atoms with van der Waals surface area (Å²) in [4.78, 5) is 0. The van der Waals surface area contributed by atoms with Crippen molar-refractivity contribution in [2.45, 2.75) is 0 Å². The molecule has 5 rings (SSSR count). The molecular formula is C36H16F4N4. The number of nitrogens with zero attached hydrogens (tertiary/aromatic N) is 4. The van der Waals surface area contributed by atoms with Crippen LogP contribution in [0.2, 0.25) is 0 Å². The predicted octanol–water partition coefficient (Wildman–Crippen LogP) is 6.77. The van der Waals surface area contributed by atoms with E-state index in [1.165, 1.54) is 36.4 Å². The minimum atomic E-state index is -0.918. The lowest BCUT2D eigenvalue weighted by Crippen LogP contribution is -2.21. The van der Waals surface area contributed by atoms with Crippen molar-refractivity contribution in [3.05, 3.63) is 153 Å². The van der Waals surface area contributed by atoms with E-state index in [1.54, 1.807) is 24.3 Å². The maximum atomic E-state index is 14.6. The lowest BCUT2D eigenvalue weighted by Gasteiger charge is -2.14. The average Bonchev–Trinajstić information content (AvgIpc) is 3.01. The van der Waals surface area contributed by atoms with E-state index >= 15 is 0 Å². The van der Waals surface area contributed by atoms with Gasteiger partial charge in [-0.25, -0.2) is 17.6 Å². The molecule has 0 amide bonds. The highest BCUT2D eigenvalue weighted by Crippen LogP contribution is 2.27. The van der Waals surface area contributed by atoms with Gasteiger partial charge in [0.25, 0.3) is 0 Å². The lowest BCUT2D eigenvalue weighted by atomic mass is 9.88. The van der Waals surface area contributed by atoms with E-state index < -0.39 is 23.3 Å². The number of rotatable bonds is 4. The normalized spacial score (nSPS) is 11.8. The van der Waals surface area contributed by atoms with E-state index in [0.717, 1.165) is 24.3 Å². The quantitative estimate of drug-likeness (QED) is 0.219. The number of benzene rings is 5. The van der Waals surface area contributed by atoms with Gasteiger partial charge < -0.3 is 0 Å². The second-order valence-corrected chi connectivity index (χ2v) is 9.55. The van der Waals surface area contributed by atoms with Crippen LogP contribution in [0.25, 0.3) is 33.4 Å². The zero-order valence-corrected chi connectivity index (χ0v) is 22.5. The van der Waals surface area contributed by atoms with Gasteiger partial charge >= 0.3 is 0 Å². The number of halogens is 4. The van der Waals surface area contributed by atoms with Crippen LogP contribution in [-0.4, -0.2) is 0 Å². The van der Waals surface area contributed by atoms with Gasteiger partial charge in [-0.2, -0.15) is 21.0 Å². The molecule has 0 fully saturated rings. The molecule has 8 heteroatoms. The van der Waals surface area contributed by atoms with Crippen LogP contribution < -0.4 is 10.4 Å². The zero-order valence-electron chi connectivity index (χ0n) is 22.5. The topological polar surface area (TPSA) is 95.2 Å². The molecule has 0 saturated heterocycles. The Morgan fingerprint density at radius 3 is 1.11 bits per heavy atom. The summed E-state index contributed by atoms with van der Waals surface area (Å²) in [7, 11) is 0. The van der Waals surface area contributed by atoms with Crippen molar-refractivity contribution in [1.29, 1.82) is 21.0 Å². The van der Waals surface area contributed by atoms with Gasteiger partial charge in [-0.05, 0) is 70.8 Å². The summed E-state index contributed by atoms with van der Waals surface area (Å²) in [5.74, 6) is -3.67. The summed E-state index contributed by atoms with van der Waals surface area (Å²) < 4.78 is 58.2. The molecule has 0 heterocycles. The molecule has 0 spiro atoms. The second-order valence-electron chi connectivity index (χ2n) is 9.55. The lowest BCUT2D eigenvalue weighted by molar-refractivity contribution is 0.583. The summed E-state index contributed by atoms with van der Waals surface area (Å²) in [6, 6.07) is 28.9. The van der Waals surface area contributed by atoms with Crippen LogP contribution in [-0.2, 0) is 0 Å². The Labute approximate surface area is 249 Å². The molecule has 0 aliphatic heterocycles. The Balaban J connectivity index is 2.12. The molecule has 0 radical (unpaired) electrons. The molecule has 0 aliphatic carbocycles. The van der Waals surface area contributed by atoms with E-state index in [2.05, 4.69) is 12.1 Å². The summed E-state index contributed by atoms with van der Waals surface area (Å²) >= 11 is 0. The smallest absolute Gasteiger partial charge is 0.126 e. The van der Waals surface area contributed by atoms with Gasteiger partial charge in [-0.1, -0.05) is 36.4 Å². The molecule has 5 aromatic rings. The minimum Gasteiger partial charge on any atom is -0.207 e. The van der Waals surface area contributed by atoms with Crippen LogP contribution in [0.5, 0.6) is 0 Å². The standard InChI is InChI=1S/C36H16F4N4/c37-25-9-23(10-26(38)13-25)31-16-34(36(20-44)30-8-4-2-6-22(30)18-42)32(24-11-27(39)14-28(40)12-24)15-33(31)35(19-43)29-7-3-1-5-21(29)17-41/h1-16H/b35-33+,36-34+. The van der Waals surface area contributed by atoms with E-state index in [4.69, 9.17) is 0 Å². The van der Waals surface area contributed by atoms with Crippen molar-refractivity contribution in [2.75, 3.05) is 0 Å². The Morgan fingerprint density at radius 2 is 0.795 bits per heavy atom. The minimum absolute atomic E-state index is 0.0104. The van der Waals surface area contributed by atoms with Crippen molar-refractivity contribution in [2.24, 2.45) is 0 Å². The zero-order chi connectivity index (χ0) is 31.4. The Kier molecular flexibility index (Phi) is 8.03. The van der Waals surface area contributed by atoms with Crippen molar-refractivity contribution >= 4 is 11.1 Å². The molecule has 0 aliphatic rings. The maximum Gasteiger partial charge on any atom is 0.126 e. The summed E-state index contributed by atoms with van der Waals surface area (Å²) in [6.07, 6.45) is 0. The van der Waals surface area contributed by atoms with Crippen molar-refractivity contribution in [1.82, 2.24) is 0 Å². The highest BCUT2D eigenvalue weighted by molar-refractivity contribution is 5.88. The van der Waals surface area contributed by atoms with E-state index in [-0.39, 0.29) is 66.1 Å². The van der Waals surface area contributed by atoms with Gasteiger partial charge in [0.15, 0.2) is 0 Å². The number of hydrogen-bond acceptors (Lipinski definition) is 4. The fourth-order valence-electron chi connectivity index (χ4n) is 5.04. The fourth-order valence-corrected chi connectivity index (χ4v) is 5.04. The fraction of sp³-hybridized carbons (Fsp3) is 0. The molecule has 0 aromatic heterocycles. The van der Waals surface area contributed by atoms with Crippen LogP contribution >= 0.6 is 0 Å². The van der Waals surface area contributed by atoms with Gasteiger partial charge in [0.2, 0.25) is 0 Å². The second kappa shape index (κ2) is 12.2. The molecule has 0 atom stereocenters. The van der Waals surface area contributed by atoms with Crippen molar-refractivity contribution < 1.29 is 17.6 Å². The molecule has 44 heavy (non-hydrogen) atoms. The summed E-state index contributed by atoms with van der Waals surface area (Å²) in [5.41, 5.74) is 0.705.